The van der Waals surface area contributed by atoms with Crippen LogP contribution in [0.3, 0.4) is 0 Å². The van der Waals surface area contributed by atoms with E-state index in [1.54, 1.807) is 30.3 Å². The van der Waals surface area contributed by atoms with Crippen LogP contribution in [0.4, 0.5) is 5.69 Å². The highest BCUT2D eigenvalue weighted by Gasteiger charge is 2.47. The first-order valence-corrected chi connectivity index (χ1v) is 11.8. The molecule has 0 saturated carbocycles. The Labute approximate surface area is 195 Å². The highest BCUT2D eigenvalue weighted by molar-refractivity contribution is 7.10. The molecule has 6 nitrogen and oxygen atoms in total. The largest absolute Gasteiger partial charge is 0.507 e. The minimum atomic E-state index is -0.728. The van der Waals surface area contributed by atoms with Gasteiger partial charge in [-0.2, -0.15) is 0 Å². The van der Waals surface area contributed by atoms with E-state index in [0.717, 1.165) is 29.0 Å². The Kier molecular flexibility index (Phi) is 5.64. The monoisotopic (exact) mass is 461 g/mol. The first-order valence-electron chi connectivity index (χ1n) is 10.9. The number of ether oxygens (including phenoxy) is 2. The van der Waals surface area contributed by atoms with Gasteiger partial charge in [-0.05, 0) is 67.1 Å². The predicted molar refractivity (Wildman–Crippen MR) is 127 cm³/mol. The zero-order chi connectivity index (χ0) is 22.9. The van der Waals surface area contributed by atoms with Crippen molar-refractivity contribution in [1.82, 2.24) is 0 Å². The summed E-state index contributed by atoms with van der Waals surface area (Å²) in [5.41, 5.74) is 2.11. The molecule has 1 aromatic heterocycles. The maximum atomic E-state index is 13.2. The van der Waals surface area contributed by atoms with Gasteiger partial charge in [0.25, 0.3) is 11.7 Å². The van der Waals surface area contributed by atoms with E-state index in [9.17, 15) is 14.7 Å². The van der Waals surface area contributed by atoms with E-state index in [4.69, 9.17) is 9.47 Å². The molecule has 0 spiro atoms. The number of hydrogen-bond donors (Lipinski definition) is 1. The molecule has 168 valence electrons. The number of carbonyl (C=O) groups is 2. The van der Waals surface area contributed by atoms with Crippen LogP contribution in [0.2, 0.25) is 0 Å². The summed E-state index contributed by atoms with van der Waals surface area (Å²) in [5.74, 6) is -0.160. The summed E-state index contributed by atoms with van der Waals surface area (Å²) in [6, 6.07) is 15.5. The molecule has 3 aromatic rings. The molecule has 0 radical (unpaired) electrons. The number of Topliss-reactive ketones (excluding diaryl/α,β-unsaturated/α-hetero) is 1. The fraction of sp³-hybridized carbons (Fsp3) is 0.231. The summed E-state index contributed by atoms with van der Waals surface area (Å²) in [6.07, 6.45) is 1.73. The van der Waals surface area contributed by atoms with Gasteiger partial charge in [0.1, 0.15) is 23.3 Å². The van der Waals surface area contributed by atoms with Crippen molar-refractivity contribution in [3.8, 4) is 11.5 Å². The first kappa shape index (κ1) is 21.3. The van der Waals surface area contributed by atoms with Gasteiger partial charge in [-0.3, -0.25) is 14.5 Å². The molecule has 1 saturated heterocycles. The summed E-state index contributed by atoms with van der Waals surface area (Å²) in [6.45, 7) is 3.04. The normalized spacial score (nSPS) is 19.3. The van der Waals surface area contributed by atoms with Crippen LogP contribution in [0.15, 0.2) is 65.6 Å². The van der Waals surface area contributed by atoms with Gasteiger partial charge in [0, 0.05) is 22.2 Å². The smallest absolute Gasteiger partial charge is 0.300 e. The Morgan fingerprint density at radius 1 is 1.18 bits per heavy atom. The van der Waals surface area contributed by atoms with Gasteiger partial charge in [0.15, 0.2) is 0 Å². The Hall–Kier alpha value is -3.58. The number of aryl methyl sites for hydroxylation is 1. The average molecular weight is 462 g/mol. The predicted octanol–water partition coefficient (Wildman–Crippen LogP) is 5.10. The third-order valence-electron chi connectivity index (χ3n) is 5.85. The summed E-state index contributed by atoms with van der Waals surface area (Å²) >= 11 is 1.43. The second-order valence-electron chi connectivity index (χ2n) is 7.89. The van der Waals surface area contributed by atoms with Crippen molar-refractivity contribution in [3.05, 3.63) is 81.6 Å². The number of fused-ring (bicyclic) bond motifs is 1. The quantitative estimate of drug-likeness (QED) is 0.325. The summed E-state index contributed by atoms with van der Waals surface area (Å²) in [4.78, 5) is 28.7. The number of aliphatic hydroxyl groups excluding tert-OH is 1. The minimum Gasteiger partial charge on any atom is -0.507 e. The molecule has 2 aromatic carbocycles. The van der Waals surface area contributed by atoms with Crippen LogP contribution < -0.4 is 14.4 Å². The highest BCUT2D eigenvalue weighted by atomic mass is 32.1. The van der Waals surface area contributed by atoms with Crippen LogP contribution in [-0.4, -0.2) is 30.0 Å². The van der Waals surface area contributed by atoms with E-state index in [0.29, 0.717) is 30.2 Å². The minimum absolute atomic E-state index is 0.0842. The maximum Gasteiger partial charge on any atom is 0.300 e. The van der Waals surface area contributed by atoms with Crippen molar-refractivity contribution >= 4 is 34.5 Å². The van der Waals surface area contributed by atoms with E-state index < -0.39 is 17.7 Å². The zero-order valence-corrected chi connectivity index (χ0v) is 18.9. The van der Waals surface area contributed by atoms with Gasteiger partial charge < -0.3 is 14.6 Å². The van der Waals surface area contributed by atoms with Crippen molar-refractivity contribution in [2.24, 2.45) is 0 Å². The zero-order valence-electron chi connectivity index (χ0n) is 18.1. The van der Waals surface area contributed by atoms with Crippen molar-refractivity contribution in [3.63, 3.8) is 0 Å². The van der Waals surface area contributed by atoms with Gasteiger partial charge in [0.2, 0.25) is 0 Å². The van der Waals surface area contributed by atoms with E-state index >= 15 is 0 Å². The number of amides is 1. The second-order valence-corrected chi connectivity index (χ2v) is 8.87. The van der Waals surface area contributed by atoms with Crippen LogP contribution in [0, 0.1) is 0 Å². The number of carbonyl (C=O) groups excluding carboxylic acids is 2. The maximum absolute atomic E-state index is 13.2. The number of benzene rings is 2. The molecule has 1 amide bonds. The molecule has 1 atom stereocenters. The lowest BCUT2D eigenvalue weighted by atomic mass is 9.97. The molecule has 2 aliphatic heterocycles. The summed E-state index contributed by atoms with van der Waals surface area (Å²) in [5, 5.41) is 13.2. The fourth-order valence-electron chi connectivity index (χ4n) is 4.37. The fourth-order valence-corrected chi connectivity index (χ4v) is 5.19. The average Bonchev–Trinajstić information content (AvgIpc) is 3.46. The SMILES string of the molecule is CCOc1cccc(N2C(=O)C(=O)/C(=C(\O)c3ccc4c(c3)CCCO4)C2c2cccs2)c1. The third kappa shape index (κ3) is 3.78. The lowest BCUT2D eigenvalue weighted by Crippen LogP contribution is -2.29. The molecule has 7 heteroatoms. The van der Waals surface area contributed by atoms with Crippen molar-refractivity contribution in [1.29, 1.82) is 0 Å². The molecule has 2 aliphatic rings. The van der Waals surface area contributed by atoms with E-state index in [1.807, 2.05) is 36.6 Å². The Balaban J connectivity index is 1.65. The van der Waals surface area contributed by atoms with Gasteiger partial charge in [-0.25, -0.2) is 0 Å². The first-order chi connectivity index (χ1) is 16.1. The molecule has 5 rings (SSSR count). The third-order valence-corrected chi connectivity index (χ3v) is 6.77. The van der Waals surface area contributed by atoms with E-state index in [2.05, 4.69) is 0 Å². The Bertz CT molecular complexity index is 1250. The Morgan fingerprint density at radius 3 is 2.85 bits per heavy atom. The van der Waals surface area contributed by atoms with Crippen molar-refractivity contribution in [2.45, 2.75) is 25.8 Å². The van der Waals surface area contributed by atoms with Crippen molar-refractivity contribution < 1.29 is 24.2 Å². The molecule has 33 heavy (non-hydrogen) atoms. The molecular weight excluding hydrogens is 438 g/mol. The van der Waals surface area contributed by atoms with Crippen LogP contribution >= 0.6 is 11.3 Å². The number of thiophene rings is 1. The number of hydrogen-bond acceptors (Lipinski definition) is 6. The van der Waals surface area contributed by atoms with Crippen LogP contribution in [0.25, 0.3) is 5.76 Å². The van der Waals surface area contributed by atoms with Crippen LogP contribution in [0.5, 0.6) is 11.5 Å². The topological polar surface area (TPSA) is 76.1 Å². The van der Waals surface area contributed by atoms with Crippen LogP contribution in [0.1, 0.15) is 35.4 Å². The molecule has 0 aliphatic carbocycles. The van der Waals surface area contributed by atoms with Crippen molar-refractivity contribution in [2.75, 3.05) is 18.1 Å². The number of anilines is 1. The molecule has 0 bridgehead atoms. The second kappa shape index (κ2) is 8.75. The number of rotatable bonds is 5. The van der Waals surface area contributed by atoms with Crippen LogP contribution in [-0.2, 0) is 16.0 Å². The van der Waals surface area contributed by atoms with Gasteiger partial charge in [-0.15, -0.1) is 11.3 Å². The molecule has 1 unspecified atom stereocenters. The van der Waals surface area contributed by atoms with Gasteiger partial charge >= 0.3 is 0 Å². The molecule has 1 fully saturated rings. The summed E-state index contributed by atoms with van der Waals surface area (Å²) in [7, 11) is 0. The lowest BCUT2D eigenvalue weighted by molar-refractivity contribution is -0.132. The molecular formula is C26H23NO5S. The Morgan fingerprint density at radius 2 is 2.06 bits per heavy atom. The van der Waals surface area contributed by atoms with Gasteiger partial charge in [-0.1, -0.05) is 12.1 Å². The number of aliphatic hydroxyl groups is 1. The number of nitrogens with zero attached hydrogens (tertiary/aromatic N) is 1. The summed E-state index contributed by atoms with van der Waals surface area (Å²) < 4.78 is 11.3. The van der Waals surface area contributed by atoms with E-state index in [1.165, 1.54) is 16.2 Å². The van der Waals surface area contributed by atoms with E-state index in [-0.39, 0.29) is 11.3 Å². The highest BCUT2D eigenvalue weighted by Crippen LogP contribution is 2.44. The standard InChI is InChI=1S/C26H23NO5S/c1-2-31-19-8-3-7-18(15-19)27-23(21-9-5-13-33-21)22(25(29)26(27)30)24(28)17-10-11-20-16(14-17)6-4-12-32-20/h3,5,7-11,13-15,23,28H,2,4,6,12H2,1H3/b24-22-. The lowest BCUT2D eigenvalue weighted by Gasteiger charge is -2.24. The molecule has 3 heterocycles. The molecule has 1 N–H and O–H groups in total. The van der Waals surface area contributed by atoms with Gasteiger partial charge in [0.05, 0.1) is 18.8 Å². The number of ketones is 1.